The van der Waals surface area contributed by atoms with E-state index < -0.39 is 16.2 Å². The molecule has 1 rings (SSSR count). The van der Waals surface area contributed by atoms with Crippen LogP contribution in [0.3, 0.4) is 0 Å². The summed E-state index contributed by atoms with van der Waals surface area (Å²) in [6.45, 7) is 2.13. The first-order chi connectivity index (χ1) is 7.94. The van der Waals surface area contributed by atoms with Crippen LogP contribution in [0.25, 0.3) is 0 Å². The first-order valence-electron chi connectivity index (χ1n) is 5.52. The number of oxime groups is 1. The summed E-state index contributed by atoms with van der Waals surface area (Å²) in [5.74, 6) is -0.275. The summed E-state index contributed by atoms with van der Waals surface area (Å²) < 4.78 is 11.2. The molecule has 0 saturated heterocycles. The van der Waals surface area contributed by atoms with E-state index in [1.165, 1.54) is 0 Å². The van der Waals surface area contributed by atoms with E-state index >= 15 is 0 Å². The van der Waals surface area contributed by atoms with Crippen molar-refractivity contribution in [3.05, 3.63) is 0 Å². The fourth-order valence-corrected chi connectivity index (χ4v) is 2.07. The second-order valence-corrected chi connectivity index (χ2v) is 6.24. The van der Waals surface area contributed by atoms with Gasteiger partial charge >= 0.3 is 0 Å². The van der Waals surface area contributed by atoms with Gasteiger partial charge in [0.25, 0.3) is 0 Å². The van der Waals surface area contributed by atoms with E-state index in [-0.39, 0.29) is 17.0 Å². The van der Waals surface area contributed by atoms with Crippen molar-refractivity contribution in [2.75, 3.05) is 12.8 Å². The Morgan fingerprint density at radius 2 is 2.24 bits per heavy atom. The first kappa shape index (κ1) is 14.0. The molecule has 1 aliphatic rings. The van der Waals surface area contributed by atoms with Crippen LogP contribution in [0.15, 0.2) is 5.16 Å². The molecule has 0 spiro atoms. The average molecular weight is 261 g/mol. The Labute approximate surface area is 103 Å². The molecule has 0 bridgehead atoms. The summed E-state index contributed by atoms with van der Waals surface area (Å²) >= 11 is 0. The Balaban J connectivity index is 2.60. The number of nitrogens with one attached hydrogen (secondary N) is 1. The zero-order valence-electron chi connectivity index (χ0n) is 10.1. The normalized spacial score (nSPS) is 22.4. The highest BCUT2D eigenvalue weighted by Crippen LogP contribution is 2.41. The lowest BCUT2D eigenvalue weighted by molar-refractivity contribution is -0.131. The maximum absolute atomic E-state index is 12.0. The van der Waals surface area contributed by atoms with Crippen molar-refractivity contribution in [1.29, 1.82) is 0 Å². The van der Waals surface area contributed by atoms with Crippen LogP contribution in [0.5, 0.6) is 0 Å². The van der Waals surface area contributed by atoms with Crippen molar-refractivity contribution in [3.8, 4) is 0 Å². The van der Waals surface area contributed by atoms with Crippen LogP contribution in [-0.2, 0) is 15.6 Å². The predicted octanol–water partition coefficient (Wildman–Crippen LogP) is -0.214. The third-order valence-corrected chi connectivity index (χ3v) is 4.66. The SMILES string of the molecule is CC(CNC(=O)C1(C(N)=NO)CCC1)S(C)=O. The molecule has 4 N–H and O–H groups in total. The van der Waals surface area contributed by atoms with Gasteiger partial charge in [0.1, 0.15) is 5.41 Å². The summed E-state index contributed by atoms with van der Waals surface area (Å²) in [4.78, 5) is 12.0. The number of nitrogens with zero attached hydrogens (tertiary/aromatic N) is 1. The predicted molar refractivity (Wildman–Crippen MR) is 66.2 cm³/mol. The Bertz CT molecular complexity index is 353. The van der Waals surface area contributed by atoms with Crippen LogP contribution in [0.1, 0.15) is 26.2 Å². The lowest BCUT2D eigenvalue weighted by Gasteiger charge is -2.38. The highest BCUT2D eigenvalue weighted by atomic mass is 32.2. The van der Waals surface area contributed by atoms with Gasteiger partial charge in [-0.3, -0.25) is 9.00 Å². The minimum absolute atomic E-state index is 0.0356. The van der Waals surface area contributed by atoms with Crippen molar-refractivity contribution >= 4 is 22.5 Å². The molecule has 0 aromatic heterocycles. The Morgan fingerprint density at radius 3 is 2.59 bits per heavy atom. The standard InChI is InChI=1S/C10H19N3O3S/c1-7(17(2)16)6-12-9(14)10(4-3-5-10)8(11)13-15/h7,15H,3-6H2,1-2H3,(H2,11,13)(H,12,14). The molecule has 0 aromatic rings. The molecule has 98 valence electrons. The van der Waals surface area contributed by atoms with Crippen LogP contribution in [-0.4, -0.2) is 39.2 Å². The largest absolute Gasteiger partial charge is 0.409 e. The van der Waals surface area contributed by atoms with E-state index in [9.17, 15) is 9.00 Å². The lowest BCUT2D eigenvalue weighted by atomic mass is 9.67. The molecular weight excluding hydrogens is 242 g/mol. The molecule has 1 saturated carbocycles. The Morgan fingerprint density at radius 1 is 1.65 bits per heavy atom. The number of hydrogen-bond acceptors (Lipinski definition) is 4. The Hall–Kier alpha value is -1.11. The fraction of sp³-hybridized carbons (Fsp3) is 0.800. The number of hydrogen-bond donors (Lipinski definition) is 3. The van der Waals surface area contributed by atoms with Crippen LogP contribution >= 0.6 is 0 Å². The molecule has 1 fully saturated rings. The highest BCUT2D eigenvalue weighted by molar-refractivity contribution is 7.84. The van der Waals surface area contributed by atoms with Crippen LogP contribution in [0.2, 0.25) is 0 Å². The van der Waals surface area contributed by atoms with Crippen molar-refractivity contribution in [1.82, 2.24) is 5.32 Å². The molecule has 2 unspecified atom stereocenters. The van der Waals surface area contributed by atoms with Crippen molar-refractivity contribution in [3.63, 3.8) is 0 Å². The van der Waals surface area contributed by atoms with E-state index in [0.717, 1.165) is 6.42 Å². The molecule has 0 heterocycles. The smallest absolute Gasteiger partial charge is 0.233 e. The molecule has 0 aromatic carbocycles. The summed E-state index contributed by atoms with van der Waals surface area (Å²) in [6.07, 6.45) is 3.68. The number of carbonyl (C=O) groups excluding carboxylic acids is 1. The second-order valence-electron chi connectivity index (χ2n) is 4.44. The zero-order valence-corrected chi connectivity index (χ0v) is 10.9. The van der Waals surface area contributed by atoms with Gasteiger partial charge in [0, 0.05) is 28.9 Å². The summed E-state index contributed by atoms with van der Waals surface area (Å²) in [6, 6.07) is 0. The van der Waals surface area contributed by atoms with Gasteiger partial charge in [0.2, 0.25) is 5.91 Å². The maximum atomic E-state index is 12.0. The summed E-state index contributed by atoms with van der Waals surface area (Å²) in [5.41, 5.74) is 4.70. The van der Waals surface area contributed by atoms with Gasteiger partial charge in [-0.05, 0) is 19.8 Å². The van der Waals surface area contributed by atoms with Gasteiger partial charge in [-0.2, -0.15) is 0 Å². The molecule has 0 aliphatic heterocycles. The number of carbonyl (C=O) groups is 1. The molecule has 17 heavy (non-hydrogen) atoms. The molecule has 2 atom stereocenters. The van der Waals surface area contributed by atoms with E-state index in [1.54, 1.807) is 13.2 Å². The molecule has 6 nitrogen and oxygen atoms in total. The van der Waals surface area contributed by atoms with Crippen molar-refractivity contribution in [2.24, 2.45) is 16.3 Å². The topological polar surface area (TPSA) is 105 Å². The summed E-state index contributed by atoms with van der Waals surface area (Å²) in [7, 11) is -0.976. The molecule has 1 amide bonds. The van der Waals surface area contributed by atoms with E-state index in [4.69, 9.17) is 10.9 Å². The minimum Gasteiger partial charge on any atom is -0.409 e. The number of amides is 1. The monoisotopic (exact) mass is 261 g/mol. The quantitative estimate of drug-likeness (QED) is 0.275. The van der Waals surface area contributed by atoms with Gasteiger partial charge in [-0.15, -0.1) is 0 Å². The van der Waals surface area contributed by atoms with Crippen molar-refractivity contribution in [2.45, 2.75) is 31.4 Å². The third-order valence-electron chi connectivity index (χ3n) is 3.36. The van der Waals surface area contributed by atoms with Crippen LogP contribution in [0.4, 0.5) is 0 Å². The second kappa shape index (κ2) is 5.48. The maximum Gasteiger partial charge on any atom is 0.233 e. The average Bonchev–Trinajstić information content (AvgIpc) is 2.23. The van der Waals surface area contributed by atoms with E-state index in [0.29, 0.717) is 19.4 Å². The van der Waals surface area contributed by atoms with Crippen LogP contribution < -0.4 is 11.1 Å². The van der Waals surface area contributed by atoms with E-state index in [2.05, 4.69) is 10.5 Å². The van der Waals surface area contributed by atoms with Gasteiger partial charge in [-0.1, -0.05) is 11.6 Å². The number of amidine groups is 1. The first-order valence-corrected chi connectivity index (χ1v) is 7.14. The number of nitrogens with two attached hydrogens (primary N) is 1. The van der Waals surface area contributed by atoms with Crippen molar-refractivity contribution < 1.29 is 14.2 Å². The van der Waals surface area contributed by atoms with Gasteiger partial charge in [-0.25, -0.2) is 0 Å². The molecule has 0 radical (unpaired) electrons. The molecule has 1 aliphatic carbocycles. The third kappa shape index (κ3) is 2.77. The van der Waals surface area contributed by atoms with Gasteiger partial charge in [0.05, 0.1) is 0 Å². The zero-order chi connectivity index (χ0) is 13.1. The number of rotatable bonds is 5. The molecule has 7 heteroatoms. The van der Waals surface area contributed by atoms with Gasteiger partial charge in [0.15, 0.2) is 5.84 Å². The summed E-state index contributed by atoms with van der Waals surface area (Å²) in [5, 5.41) is 14.2. The minimum atomic E-state index is -0.976. The lowest BCUT2D eigenvalue weighted by Crippen LogP contribution is -2.55. The Kier molecular flexibility index (Phi) is 4.50. The highest BCUT2D eigenvalue weighted by Gasteiger charge is 2.48. The van der Waals surface area contributed by atoms with E-state index in [1.807, 2.05) is 0 Å². The fourth-order valence-electron chi connectivity index (χ4n) is 1.75. The van der Waals surface area contributed by atoms with Gasteiger partial charge < -0.3 is 16.3 Å². The molecular formula is C10H19N3O3S. The van der Waals surface area contributed by atoms with Crippen LogP contribution in [0, 0.1) is 5.41 Å².